The third-order valence-electron chi connectivity index (χ3n) is 9.30. The fourth-order valence-corrected chi connectivity index (χ4v) is 9.45. The Labute approximate surface area is 250 Å². The van der Waals surface area contributed by atoms with Gasteiger partial charge in [-0.1, -0.05) is 78.9 Å². The van der Waals surface area contributed by atoms with Gasteiger partial charge in [0.15, 0.2) is 0 Å². The van der Waals surface area contributed by atoms with Crippen molar-refractivity contribution in [2.75, 3.05) is 0 Å². The molecule has 1 unspecified atom stereocenters. The van der Waals surface area contributed by atoms with Crippen LogP contribution < -0.4 is 0 Å². The first-order valence-electron chi connectivity index (χ1n) is 14.6. The Morgan fingerprint density at radius 1 is 0.452 bits per heavy atom. The van der Waals surface area contributed by atoms with Crippen molar-refractivity contribution >= 4 is 101 Å². The summed E-state index contributed by atoms with van der Waals surface area (Å²) in [6.07, 6.45) is 5.82. The van der Waals surface area contributed by atoms with E-state index >= 15 is 0 Å². The number of thiophene rings is 2. The molecule has 0 bridgehead atoms. The van der Waals surface area contributed by atoms with Crippen molar-refractivity contribution < 1.29 is 0 Å². The van der Waals surface area contributed by atoms with Gasteiger partial charge in [-0.3, -0.25) is 0 Å². The largest absolute Gasteiger partial charge is 0.135 e. The summed E-state index contributed by atoms with van der Waals surface area (Å²) >= 11 is 3.84. The topological polar surface area (TPSA) is 0 Å². The Hall–Kier alpha value is -4.50. The van der Waals surface area contributed by atoms with Crippen molar-refractivity contribution in [3.05, 3.63) is 138 Å². The van der Waals surface area contributed by atoms with Gasteiger partial charge in [-0.25, -0.2) is 0 Å². The van der Waals surface area contributed by atoms with Crippen LogP contribution >= 0.6 is 22.7 Å². The Kier molecular flexibility index (Phi) is 4.68. The summed E-state index contributed by atoms with van der Waals surface area (Å²) in [4.78, 5) is 0. The van der Waals surface area contributed by atoms with Gasteiger partial charge in [-0.2, -0.15) is 0 Å². The Bertz CT molecular complexity index is 2610. The van der Waals surface area contributed by atoms with E-state index in [1.807, 2.05) is 22.7 Å². The minimum Gasteiger partial charge on any atom is -0.135 e. The molecule has 9 aromatic rings. The SMILES string of the molecule is C1=CC(c2ccc3cc4c(cc3c2)sc2cc3ccccc3cc24)Cc2cc3sc4cc5ccccc5cc4c3cc21. The zero-order valence-electron chi connectivity index (χ0n) is 22.7. The third-order valence-corrected chi connectivity index (χ3v) is 11.5. The van der Waals surface area contributed by atoms with Crippen LogP contribution in [0.25, 0.3) is 78.7 Å². The molecule has 1 aliphatic rings. The molecule has 0 aliphatic heterocycles. The molecule has 1 aliphatic carbocycles. The summed E-state index contributed by atoms with van der Waals surface area (Å²) in [5.41, 5.74) is 4.23. The van der Waals surface area contributed by atoms with E-state index in [9.17, 15) is 0 Å². The van der Waals surface area contributed by atoms with Gasteiger partial charge in [0.1, 0.15) is 0 Å². The van der Waals surface area contributed by atoms with Crippen molar-refractivity contribution in [2.45, 2.75) is 12.3 Å². The van der Waals surface area contributed by atoms with Gasteiger partial charge in [0.2, 0.25) is 0 Å². The molecule has 0 nitrogen and oxygen atoms in total. The van der Waals surface area contributed by atoms with Crippen LogP contribution in [0.1, 0.15) is 22.6 Å². The average Bonchev–Trinajstić information content (AvgIpc) is 3.55. The van der Waals surface area contributed by atoms with Crippen molar-refractivity contribution in [3.63, 3.8) is 0 Å². The standard InChI is InChI=1S/C40H24S2/c1-3-7-25-19-37-33(15-23(25)5-1)35-17-29-11-9-27(13-31(29)21-39(35)41-37)28-10-12-30-18-36-34-16-24-6-2-4-8-26(24)20-38(34)42-40(36)22-32(30)14-28/h1-13,15-22,28H,14H2. The van der Waals surface area contributed by atoms with Crippen LogP contribution in [0.2, 0.25) is 0 Å². The first-order chi connectivity index (χ1) is 20.7. The molecule has 2 heterocycles. The van der Waals surface area contributed by atoms with Crippen LogP contribution in [-0.4, -0.2) is 0 Å². The second kappa shape index (κ2) is 8.51. The third kappa shape index (κ3) is 3.40. The lowest BCUT2D eigenvalue weighted by molar-refractivity contribution is 0.830. The normalized spacial score (nSPS) is 15.2. The van der Waals surface area contributed by atoms with Crippen molar-refractivity contribution in [3.8, 4) is 0 Å². The van der Waals surface area contributed by atoms with Gasteiger partial charge < -0.3 is 0 Å². The van der Waals surface area contributed by atoms with Crippen molar-refractivity contribution in [1.82, 2.24) is 0 Å². The van der Waals surface area contributed by atoms with E-state index in [0.29, 0.717) is 5.92 Å². The smallest absolute Gasteiger partial charge is 0.0361 e. The van der Waals surface area contributed by atoms with Gasteiger partial charge in [0.05, 0.1) is 0 Å². The number of allylic oxidation sites excluding steroid dienone is 1. The molecule has 0 spiro atoms. The predicted octanol–water partition coefficient (Wildman–Crippen LogP) is 12.2. The van der Waals surface area contributed by atoms with Crippen LogP contribution in [0.3, 0.4) is 0 Å². The van der Waals surface area contributed by atoms with E-state index in [-0.39, 0.29) is 0 Å². The minimum atomic E-state index is 0.389. The summed E-state index contributed by atoms with van der Waals surface area (Å²) in [5, 5.41) is 13.4. The van der Waals surface area contributed by atoms with E-state index < -0.39 is 0 Å². The van der Waals surface area contributed by atoms with Gasteiger partial charge in [-0.05, 0) is 104 Å². The number of benzene rings is 7. The Morgan fingerprint density at radius 3 is 1.57 bits per heavy atom. The monoisotopic (exact) mass is 568 g/mol. The van der Waals surface area contributed by atoms with Gasteiger partial charge in [0.25, 0.3) is 0 Å². The highest BCUT2D eigenvalue weighted by atomic mass is 32.1. The van der Waals surface area contributed by atoms with Crippen molar-refractivity contribution in [2.24, 2.45) is 0 Å². The molecular formula is C40H24S2. The molecule has 0 amide bonds. The maximum Gasteiger partial charge on any atom is 0.0361 e. The Balaban J connectivity index is 1.05. The highest BCUT2D eigenvalue weighted by Crippen LogP contribution is 2.42. The molecule has 1 atom stereocenters. The van der Waals surface area contributed by atoms with E-state index in [1.165, 1.54) is 89.4 Å². The second-order valence-corrected chi connectivity index (χ2v) is 13.9. The quantitative estimate of drug-likeness (QED) is 0.185. The van der Waals surface area contributed by atoms with Crippen LogP contribution in [0, 0.1) is 0 Å². The lowest BCUT2D eigenvalue weighted by Crippen LogP contribution is -2.05. The maximum absolute atomic E-state index is 2.46. The lowest BCUT2D eigenvalue weighted by atomic mass is 9.84. The fraction of sp³-hybridized carbons (Fsp3) is 0.0500. The van der Waals surface area contributed by atoms with E-state index in [2.05, 4.69) is 127 Å². The molecule has 0 saturated heterocycles. The molecule has 2 heteroatoms. The molecule has 0 radical (unpaired) electrons. The maximum atomic E-state index is 2.46. The number of rotatable bonds is 1. The number of hydrogen-bond acceptors (Lipinski definition) is 2. The zero-order valence-corrected chi connectivity index (χ0v) is 24.4. The zero-order chi connectivity index (χ0) is 27.4. The first kappa shape index (κ1) is 23.1. The molecule has 7 aromatic carbocycles. The molecule has 0 fully saturated rings. The summed E-state index contributed by atoms with van der Waals surface area (Å²) in [5.74, 6) is 0.389. The van der Waals surface area contributed by atoms with Gasteiger partial charge in [0, 0.05) is 46.3 Å². The number of hydrogen-bond donors (Lipinski definition) is 0. The molecule has 196 valence electrons. The second-order valence-electron chi connectivity index (χ2n) is 11.8. The summed E-state index contributed by atoms with van der Waals surface area (Å²) in [6, 6.07) is 43.6. The fourth-order valence-electron chi connectivity index (χ4n) is 7.11. The highest BCUT2D eigenvalue weighted by Gasteiger charge is 2.19. The molecular weight excluding hydrogens is 545 g/mol. The average molecular weight is 569 g/mol. The number of fused-ring (bicyclic) bond motifs is 10. The first-order valence-corrected chi connectivity index (χ1v) is 16.2. The summed E-state index contributed by atoms with van der Waals surface area (Å²) in [6.45, 7) is 0. The minimum absolute atomic E-state index is 0.389. The van der Waals surface area contributed by atoms with Gasteiger partial charge >= 0.3 is 0 Å². The van der Waals surface area contributed by atoms with Gasteiger partial charge in [-0.15, -0.1) is 22.7 Å². The molecule has 0 saturated carbocycles. The van der Waals surface area contributed by atoms with Crippen LogP contribution in [0.15, 0.2) is 121 Å². The summed E-state index contributed by atoms with van der Waals surface area (Å²) < 4.78 is 5.51. The summed E-state index contributed by atoms with van der Waals surface area (Å²) in [7, 11) is 0. The van der Waals surface area contributed by atoms with Crippen molar-refractivity contribution in [1.29, 1.82) is 0 Å². The highest BCUT2D eigenvalue weighted by molar-refractivity contribution is 7.26. The van der Waals surface area contributed by atoms with Crippen LogP contribution in [-0.2, 0) is 6.42 Å². The predicted molar refractivity (Wildman–Crippen MR) is 187 cm³/mol. The van der Waals surface area contributed by atoms with E-state index in [4.69, 9.17) is 0 Å². The van der Waals surface area contributed by atoms with Crippen LogP contribution in [0.5, 0.6) is 0 Å². The molecule has 0 N–H and O–H groups in total. The lowest BCUT2D eigenvalue weighted by Gasteiger charge is -2.20. The molecule has 10 rings (SSSR count). The molecule has 2 aromatic heterocycles. The Morgan fingerprint density at radius 2 is 0.952 bits per heavy atom. The molecule has 42 heavy (non-hydrogen) atoms. The van der Waals surface area contributed by atoms with Crippen LogP contribution in [0.4, 0.5) is 0 Å². The van der Waals surface area contributed by atoms with E-state index in [0.717, 1.165) is 6.42 Å². The van der Waals surface area contributed by atoms with E-state index in [1.54, 1.807) is 0 Å².